The highest BCUT2D eigenvalue weighted by molar-refractivity contribution is 5.95. The van der Waals surface area contributed by atoms with Gasteiger partial charge >= 0.3 is 5.97 Å². The number of rotatable bonds is 5. The van der Waals surface area contributed by atoms with Crippen molar-refractivity contribution in [2.75, 3.05) is 0 Å². The number of hydrogen-bond donors (Lipinski definition) is 0. The van der Waals surface area contributed by atoms with Crippen molar-refractivity contribution in [2.45, 2.75) is 125 Å². The maximum Gasteiger partial charge on any atom is 0.306 e. The van der Waals surface area contributed by atoms with Crippen molar-refractivity contribution in [3.63, 3.8) is 0 Å². The fraction of sp³-hybridized carbons (Fsp3) is 0.824. The van der Waals surface area contributed by atoms with Crippen LogP contribution >= 0.6 is 0 Å². The van der Waals surface area contributed by atoms with Gasteiger partial charge in [-0.3, -0.25) is 9.59 Å². The molecule has 0 radical (unpaired) electrons. The van der Waals surface area contributed by atoms with Gasteiger partial charge in [0.1, 0.15) is 6.10 Å². The largest absolute Gasteiger partial charge is 0.550 e. The molecule has 0 aromatic heterocycles. The summed E-state index contributed by atoms with van der Waals surface area (Å²) in [6.45, 7) is 15.3. The third-order valence-corrected chi connectivity index (χ3v) is 13.8. The van der Waals surface area contributed by atoms with Crippen molar-refractivity contribution in [2.24, 2.45) is 50.2 Å². The fourth-order valence-corrected chi connectivity index (χ4v) is 11.0. The van der Waals surface area contributed by atoms with Crippen LogP contribution in [0.1, 0.15) is 119 Å². The van der Waals surface area contributed by atoms with E-state index < -0.39 is 23.3 Å². The van der Waals surface area contributed by atoms with Crippen LogP contribution in [-0.2, 0) is 23.9 Å². The van der Waals surface area contributed by atoms with Crippen LogP contribution in [-0.4, -0.2) is 29.8 Å². The molecule has 0 bridgehead atoms. The molecule has 5 rings (SSSR count). The first-order valence-electron chi connectivity index (χ1n) is 15.7. The number of carboxylic acids is 2. The Bertz CT molecular complexity index is 1200. The zero-order valence-electron chi connectivity index (χ0n) is 26.0. The molecule has 0 spiro atoms. The molecular formula is C34H48O7-2. The molecule has 9 unspecified atom stereocenters. The number of ether oxygens (including phenoxy) is 1. The van der Waals surface area contributed by atoms with Gasteiger partial charge in [-0.25, -0.2) is 0 Å². The molecular weight excluding hydrogens is 520 g/mol. The van der Waals surface area contributed by atoms with Gasteiger partial charge in [0.2, 0.25) is 0 Å². The summed E-state index contributed by atoms with van der Waals surface area (Å²) in [6, 6.07) is 0. The lowest BCUT2D eigenvalue weighted by Gasteiger charge is -2.70. The Labute approximate surface area is 244 Å². The quantitative estimate of drug-likeness (QED) is 0.456. The lowest BCUT2D eigenvalue weighted by atomic mass is 9.33. The molecule has 0 aromatic carbocycles. The van der Waals surface area contributed by atoms with Crippen LogP contribution in [0.4, 0.5) is 0 Å². The summed E-state index contributed by atoms with van der Waals surface area (Å²) in [6.07, 6.45) is 8.26. The van der Waals surface area contributed by atoms with Crippen LogP contribution in [0.15, 0.2) is 11.6 Å². The van der Waals surface area contributed by atoms with Gasteiger partial charge in [-0.2, -0.15) is 0 Å². The number of carbonyl (C=O) groups excluding carboxylic acids is 4. The number of ketones is 1. The lowest BCUT2D eigenvalue weighted by Crippen LogP contribution is -2.67. The van der Waals surface area contributed by atoms with Gasteiger partial charge in [0.05, 0.1) is 6.42 Å². The van der Waals surface area contributed by atoms with Crippen molar-refractivity contribution in [1.29, 1.82) is 0 Å². The van der Waals surface area contributed by atoms with Gasteiger partial charge in [0.15, 0.2) is 5.78 Å². The Hall–Kier alpha value is -2.18. The summed E-state index contributed by atoms with van der Waals surface area (Å²) in [5.41, 5.74) is -0.823. The van der Waals surface area contributed by atoms with Crippen molar-refractivity contribution in [1.82, 2.24) is 0 Å². The SMILES string of the molecule is CC1(C(=O)[O-])CCC2(C)CCC3(C)C(=CC(=O)C4C5(C)CCC(OC(=O)CCC(=O)[O-])C(C)(C)C5CCC43C)C2C1. The molecule has 7 heteroatoms. The predicted molar refractivity (Wildman–Crippen MR) is 149 cm³/mol. The van der Waals surface area contributed by atoms with E-state index in [0.717, 1.165) is 38.5 Å². The first-order chi connectivity index (χ1) is 18.8. The van der Waals surface area contributed by atoms with E-state index in [9.17, 15) is 29.4 Å². The van der Waals surface area contributed by atoms with Gasteiger partial charge in [-0.1, -0.05) is 54.0 Å². The molecule has 4 saturated carbocycles. The number of carboxylic acid groups (broad SMARTS) is 2. The highest BCUT2D eigenvalue weighted by atomic mass is 16.5. The molecule has 228 valence electrons. The van der Waals surface area contributed by atoms with E-state index >= 15 is 0 Å². The third-order valence-electron chi connectivity index (χ3n) is 13.8. The number of fused-ring (bicyclic) bond motifs is 7. The zero-order valence-corrected chi connectivity index (χ0v) is 26.0. The summed E-state index contributed by atoms with van der Waals surface area (Å²) in [5, 5.41) is 23.1. The minimum absolute atomic E-state index is 0.00842. The minimum atomic E-state index is -1.26. The predicted octanol–water partition coefficient (Wildman–Crippen LogP) is 4.16. The standard InChI is InChI=1S/C34H50O7/c1-29(2)23-10-13-34(7)27(32(23,5)12-11-24(29)41-26(38)9-8-25(36)37)22(35)18-20-21-19-31(4,28(39)40)15-14-30(21,3)16-17-33(20,34)6/h18,21,23-24,27H,8-17,19H2,1-7H3,(H,36,37)(H,39,40)/p-2. The van der Waals surface area contributed by atoms with E-state index in [0.29, 0.717) is 19.3 Å². The maximum absolute atomic E-state index is 14.4. The second-order valence-corrected chi connectivity index (χ2v) is 16.3. The molecule has 0 saturated heterocycles. The van der Waals surface area contributed by atoms with E-state index in [-0.39, 0.29) is 69.6 Å². The smallest absolute Gasteiger partial charge is 0.306 e. The average Bonchev–Trinajstić information content (AvgIpc) is 2.86. The van der Waals surface area contributed by atoms with Gasteiger partial charge in [0, 0.05) is 28.7 Å². The van der Waals surface area contributed by atoms with Gasteiger partial charge in [0.25, 0.3) is 0 Å². The van der Waals surface area contributed by atoms with Gasteiger partial charge in [-0.15, -0.1) is 0 Å². The number of aliphatic carboxylic acids is 2. The molecule has 5 aliphatic rings. The number of hydrogen-bond acceptors (Lipinski definition) is 7. The number of carbonyl (C=O) groups is 4. The highest BCUT2D eigenvalue weighted by Gasteiger charge is 2.70. The minimum Gasteiger partial charge on any atom is -0.550 e. The second kappa shape index (κ2) is 9.41. The highest BCUT2D eigenvalue weighted by Crippen LogP contribution is 2.75. The van der Waals surface area contributed by atoms with Crippen molar-refractivity contribution < 1.29 is 34.1 Å². The maximum atomic E-state index is 14.4. The van der Waals surface area contributed by atoms with E-state index in [1.54, 1.807) is 0 Å². The van der Waals surface area contributed by atoms with E-state index in [2.05, 4.69) is 41.5 Å². The van der Waals surface area contributed by atoms with Gasteiger partial charge in [-0.05, 0) is 104 Å². The molecule has 41 heavy (non-hydrogen) atoms. The van der Waals surface area contributed by atoms with Crippen molar-refractivity contribution in [3.05, 3.63) is 11.6 Å². The average molecular weight is 569 g/mol. The summed E-state index contributed by atoms with van der Waals surface area (Å²) in [7, 11) is 0. The third kappa shape index (κ3) is 4.25. The van der Waals surface area contributed by atoms with Crippen LogP contribution in [0.25, 0.3) is 0 Å². The Morgan fingerprint density at radius 2 is 1.54 bits per heavy atom. The fourth-order valence-electron chi connectivity index (χ4n) is 11.0. The summed E-state index contributed by atoms with van der Waals surface area (Å²) < 4.78 is 5.87. The number of allylic oxidation sites excluding steroid dienone is 2. The first-order valence-corrected chi connectivity index (χ1v) is 15.7. The molecule has 0 aromatic rings. The van der Waals surface area contributed by atoms with Crippen LogP contribution in [0.3, 0.4) is 0 Å². The number of esters is 1. The van der Waals surface area contributed by atoms with Gasteiger partial charge < -0.3 is 24.5 Å². The zero-order chi connectivity index (χ0) is 30.4. The van der Waals surface area contributed by atoms with Crippen LogP contribution in [0, 0.1) is 50.2 Å². The monoisotopic (exact) mass is 568 g/mol. The molecule has 0 amide bonds. The summed E-state index contributed by atoms with van der Waals surface area (Å²) in [4.78, 5) is 50.0. The van der Waals surface area contributed by atoms with E-state index in [1.807, 2.05) is 13.0 Å². The second-order valence-electron chi connectivity index (χ2n) is 16.3. The lowest BCUT2D eigenvalue weighted by molar-refractivity contribution is -0.321. The Kier molecular flexibility index (Phi) is 6.95. The molecule has 7 nitrogen and oxygen atoms in total. The van der Waals surface area contributed by atoms with Crippen molar-refractivity contribution >= 4 is 23.7 Å². The van der Waals surface area contributed by atoms with Crippen LogP contribution < -0.4 is 10.2 Å². The summed E-state index contributed by atoms with van der Waals surface area (Å²) >= 11 is 0. The normalized spacial score (nSPS) is 46.6. The molecule has 0 heterocycles. The van der Waals surface area contributed by atoms with Crippen molar-refractivity contribution in [3.8, 4) is 0 Å². The van der Waals surface area contributed by atoms with E-state index in [1.165, 1.54) is 5.57 Å². The topological polar surface area (TPSA) is 124 Å². The first kappa shape index (κ1) is 30.3. The molecule has 0 N–H and O–H groups in total. The summed E-state index contributed by atoms with van der Waals surface area (Å²) in [5.74, 6) is -2.53. The molecule has 0 aliphatic heterocycles. The Balaban J connectivity index is 1.49. The van der Waals surface area contributed by atoms with Crippen LogP contribution in [0.5, 0.6) is 0 Å². The Morgan fingerprint density at radius 1 is 0.878 bits per heavy atom. The molecule has 5 aliphatic carbocycles. The molecule has 9 atom stereocenters. The molecule has 4 fully saturated rings. The Morgan fingerprint density at radius 3 is 2.17 bits per heavy atom. The van der Waals surface area contributed by atoms with Crippen LogP contribution in [0.2, 0.25) is 0 Å². The van der Waals surface area contributed by atoms with E-state index in [4.69, 9.17) is 4.74 Å².